The van der Waals surface area contributed by atoms with E-state index in [9.17, 15) is 14.3 Å². The number of amides is 1. The van der Waals surface area contributed by atoms with Gasteiger partial charge in [-0.25, -0.2) is 9.07 Å². The van der Waals surface area contributed by atoms with Crippen molar-refractivity contribution in [1.29, 1.82) is 0 Å². The number of aliphatic hydroxyl groups is 1. The Hall–Kier alpha value is -2.99. The number of benzene rings is 2. The maximum Gasteiger partial charge on any atom is 0.230 e. The van der Waals surface area contributed by atoms with Gasteiger partial charge in [-0.1, -0.05) is 12.1 Å². The second-order valence-corrected chi connectivity index (χ2v) is 5.76. The largest absolute Gasteiger partial charge is 0.392 e. The molecule has 1 amide bonds. The summed E-state index contributed by atoms with van der Waals surface area (Å²) in [4.78, 5) is 12.3. The molecular weight excluding hydrogens is 321 g/mol. The summed E-state index contributed by atoms with van der Waals surface area (Å²) in [6, 6.07) is 13.1. The molecule has 0 aliphatic rings. The average Bonchev–Trinajstić information content (AvgIpc) is 3.06. The number of hydrogen-bond donors (Lipinski definition) is 2. The molecule has 6 heteroatoms. The lowest BCUT2D eigenvalue weighted by atomic mass is 10.1. The second-order valence-electron chi connectivity index (χ2n) is 5.76. The fourth-order valence-electron chi connectivity index (χ4n) is 2.45. The summed E-state index contributed by atoms with van der Waals surface area (Å²) in [6.45, 7) is 1.81. The topological polar surface area (TPSA) is 67.2 Å². The zero-order valence-electron chi connectivity index (χ0n) is 13.7. The normalized spacial score (nSPS) is 10.7. The van der Waals surface area contributed by atoms with Crippen molar-refractivity contribution in [1.82, 2.24) is 9.78 Å². The lowest BCUT2D eigenvalue weighted by molar-refractivity contribution is -0.115. The van der Waals surface area contributed by atoms with Crippen molar-refractivity contribution in [2.45, 2.75) is 20.0 Å². The van der Waals surface area contributed by atoms with E-state index in [-0.39, 0.29) is 24.8 Å². The third kappa shape index (κ3) is 4.10. The van der Waals surface area contributed by atoms with Gasteiger partial charge in [0.25, 0.3) is 0 Å². The first kappa shape index (κ1) is 16.9. The second kappa shape index (κ2) is 7.27. The summed E-state index contributed by atoms with van der Waals surface area (Å²) in [5, 5.41) is 16.4. The van der Waals surface area contributed by atoms with E-state index in [1.165, 1.54) is 12.1 Å². The quantitative estimate of drug-likeness (QED) is 0.751. The first-order valence-corrected chi connectivity index (χ1v) is 7.86. The number of anilines is 1. The van der Waals surface area contributed by atoms with Crippen LogP contribution >= 0.6 is 0 Å². The van der Waals surface area contributed by atoms with Crippen LogP contribution in [0.5, 0.6) is 0 Å². The van der Waals surface area contributed by atoms with Crippen LogP contribution in [0.15, 0.2) is 54.7 Å². The van der Waals surface area contributed by atoms with Crippen molar-refractivity contribution in [2.75, 3.05) is 5.32 Å². The van der Waals surface area contributed by atoms with Crippen LogP contribution in [-0.2, 0) is 17.8 Å². The Morgan fingerprint density at radius 2 is 1.96 bits per heavy atom. The molecule has 0 saturated heterocycles. The molecular formula is C19H18FN3O2. The monoisotopic (exact) mass is 339 g/mol. The van der Waals surface area contributed by atoms with Crippen LogP contribution in [0, 0.1) is 12.7 Å². The zero-order chi connectivity index (χ0) is 17.8. The van der Waals surface area contributed by atoms with Crippen molar-refractivity contribution >= 4 is 11.6 Å². The lowest BCUT2D eigenvalue weighted by Gasteiger charge is -2.09. The maximum absolute atomic E-state index is 13.0. The molecule has 0 unspecified atom stereocenters. The van der Waals surface area contributed by atoms with E-state index in [1.54, 1.807) is 35.1 Å². The number of aryl methyl sites for hydroxylation is 1. The highest BCUT2D eigenvalue weighted by atomic mass is 19.1. The molecule has 2 aromatic carbocycles. The van der Waals surface area contributed by atoms with E-state index >= 15 is 0 Å². The molecule has 128 valence electrons. The molecule has 5 nitrogen and oxygen atoms in total. The Kier molecular flexibility index (Phi) is 4.90. The van der Waals surface area contributed by atoms with Crippen LogP contribution in [0.4, 0.5) is 10.1 Å². The minimum Gasteiger partial charge on any atom is -0.392 e. The number of aromatic nitrogens is 2. The molecule has 0 radical (unpaired) electrons. The number of nitrogens with one attached hydrogen (secondary N) is 1. The highest BCUT2D eigenvalue weighted by Gasteiger charge is 2.10. The molecule has 25 heavy (non-hydrogen) atoms. The van der Waals surface area contributed by atoms with E-state index in [4.69, 9.17) is 0 Å². The molecule has 1 heterocycles. The van der Waals surface area contributed by atoms with Gasteiger partial charge in [0.2, 0.25) is 5.91 Å². The van der Waals surface area contributed by atoms with E-state index in [2.05, 4.69) is 10.4 Å². The maximum atomic E-state index is 13.0. The molecule has 2 N–H and O–H groups in total. The Balaban J connectivity index is 1.69. The highest BCUT2D eigenvalue weighted by molar-refractivity contribution is 5.92. The van der Waals surface area contributed by atoms with E-state index < -0.39 is 0 Å². The minimum atomic E-state index is -0.309. The van der Waals surface area contributed by atoms with Crippen LogP contribution in [-0.4, -0.2) is 20.8 Å². The Morgan fingerprint density at radius 3 is 2.68 bits per heavy atom. The SMILES string of the molecule is Cc1ccc(CO)cc1NC(=O)Cc1ccn(-c2ccc(F)cc2)n1. The van der Waals surface area contributed by atoms with Crippen molar-refractivity contribution < 1.29 is 14.3 Å². The Morgan fingerprint density at radius 1 is 1.20 bits per heavy atom. The predicted octanol–water partition coefficient (Wildman–Crippen LogP) is 2.99. The van der Waals surface area contributed by atoms with Crippen LogP contribution in [0.25, 0.3) is 5.69 Å². The highest BCUT2D eigenvalue weighted by Crippen LogP contribution is 2.17. The van der Waals surface area contributed by atoms with Crippen molar-refractivity contribution in [3.05, 3.63) is 77.4 Å². The zero-order valence-corrected chi connectivity index (χ0v) is 13.7. The molecule has 0 aliphatic carbocycles. The minimum absolute atomic E-state index is 0.0781. The summed E-state index contributed by atoms with van der Waals surface area (Å²) in [5.41, 5.74) is 3.66. The Bertz CT molecular complexity index is 888. The first-order chi connectivity index (χ1) is 12.0. The van der Waals surface area contributed by atoms with Gasteiger partial charge in [-0.15, -0.1) is 0 Å². The van der Waals surface area contributed by atoms with Gasteiger partial charge >= 0.3 is 0 Å². The molecule has 0 aliphatic heterocycles. The smallest absolute Gasteiger partial charge is 0.230 e. The van der Waals surface area contributed by atoms with Gasteiger partial charge < -0.3 is 10.4 Å². The molecule has 0 bridgehead atoms. The van der Waals surface area contributed by atoms with E-state index in [0.717, 1.165) is 16.8 Å². The third-order valence-corrected chi connectivity index (χ3v) is 3.84. The number of halogens is 1. The predicted molar refractivity (Wildman–Crippen MR) is 93.0 cm³/mol. The molecule has 1 aromatic heterocycles. The molecule has 0 saturated carbocycles. The summed E-state index contributed by atoms with van der Waals surface area (Å²) in [7, 11) is 0. The summed E-state index contributed by atoms with van der Waals surface area (Å²) in [5.74, 6) is -0.501. The summed E-state index contributed by atoms with van der Waals surface area (Å²) < 4.78 is 14.6. The molecule has 3 aromatic rings. The van der Waals surface area contributed by atoms with Crippen LogP contribution in [0.3, 0.4) is 0 Å². The van der Waals surface area contributed by atoms with Crippen LogP contribution < -0.4 is 5.32 Å². The van der Waals surface area contributed by atoms with Gasteiger partial charge in [-0.3, -0.25) is 4.79 Å². The van der Waals surface area contributed by atoms with Crippen molar-refractivity contribution in [3.8, 4) is 5.69 Å². The fourth-order valence-corrected chi connectivity index (χ4v) is 2.45. The fraction of sp³-hybridized carbons (Fsp3) is 0.158. The number of carbonyl (C=O) groups is 1. The van der Waals surface area contributed by atoms with Crippen molar-refractivity contribution in [2.24, 2.45) is 0 Å². The van der Waals surface area contributed by atoms with Crippen LogP contribution in [0.2, 0.25) is 0 Å². The Labute approximate surface area is 144 Å². The average molecular weight is 339 g/mol. The van der Waals surface area contributed by atoms with Gasteiger partial charge in [0.15, 0.2) is 0 Å². The molecule has 0 atom stereocenters. The summed E-state index contributed by atoms with van der Waals surface area (Å²) in [6.07, 6.45) is 1.85. The van der Waals surface area contributed by atoms with Gasteiger partial charge in [0.1, 0.15) is 5.82 Å². The first-order valence-electron chi connectivity index (χ1n) is 7.86. The molecule has 0 spiro atoms. The van der Waals surface area contributed by atoms with Gasteiger partial charge in [0.05, 0.1) is 24.4 Å². The third-order valence-electron chi connectivity index (χ3n) is 3.84. The number of hydrogen-bond acceptors (Lipinski definition) is 3. The molecule has 3 rings (SSSR count). The van der Waals surface area contributed by atoms with E-state index in [0.29, 0.717) is 11.4 Å². The molecule has 0 fully saturated rings. The standard InChI is InChI=1S/C19H18FN3O2/c1-13-2-3-14(12-24)10-18(13)21-19(25)11-16-8-9-23(22-16)17-6-4-15(20)5-7-17/h2-10,24H,11-12H2,1H3,(H,21,25). The number of rotatable bonds is 5. The summed E-state index contributed by atoms with van der Waals surface area (Å²) >= 11 is 0. The van der Waals surface area contributed by atoms with Crippen molar-refractivity contribution in [3.63, 3.8) is 0 Å². The van der Waals surface area contributed by atoms with Gasteiger partial charge in [0, 0.05) is 11.9 Å². The van der Waals surface area contributed by atoms with E-state index in [1.807, 2.05) is 19.1 Å². The lowest BCUT2D eigenvalue weighted by Crippen LogP contribution is -2.16. The number of carbonyl (C=O) groups excluding carboxylic acids is 1. The number of nitrogens with zero attached hydrogens (tertiary/aromatic N) is 2. The van der Waals surface area contributed by atoms with Crippen LogP contribution in [0.1, 0.15) is 16.8 Å². The number of aliphatic hydroxyl groups excluding tert-OH is 1. The van der Waals surface area contributed by atoms with Gasteiger partial charge in [-0.2, -0.15) is 5.10 Å². The van der Waals surface area contributed by atoms with Gasteiger partial charge in [-0.05, 0) is 54.4 Å².